The first kappa shape index (κ1) is 15.1. The molecule has 2 rings (SSSR count). The van der Waals surface area contributed by atoms with Crippen molar-refractivity contribution in [2.24, 2.45) is 5.84 Å². The maximum absolute atomic E-state index is 11.3. The number of hydrogen-bond acceptors (Lipinski definition) is 6. The number of carbonyl (C=O) groups is 1. The number of hydrogen-bond donors (Lipinski definition) is 3. The van der Waals surface area contributed by atoms with Crippen molar-refractivity contribution in [2.75, 3.05) is 18.1 Å². The number of thioether (sulfide) groups is 1. The molecule has 110 valence electrons. The predicted octanol–water partition coefficient (Wildman–Crippen LogP) is 1.44. The second-order valence-electron chi connectivity index (χ2n) is 4.11. The van der Waals surface area contributed by atoms with Crippen molar-refractivity contribution in [1.29, 1.82) is 0 Å². The van der Waals surface area contributed by atoms with Gasteiger partial charge < -0.3 is 10.5 Å². The molecule has 2 aromatic rings. The molecule has 21 heavy (non-hydrogen) atoms. The van der Waals surface area contributed by atoms with Gasteiger partial charge in [0.25, 0.3) is 5.91 Å². The van der Waals surface area contributed by atoms with E-state index in [-0.39, 0.29) is 5.91 Å². The standard InChI is InChI=1S/C14H16N4O2S/c15-12-9-17-6-5-13(12)21-8-7-20-11-3-1-10(2-4-11)14(19)18-16/h1-6,9H,7-8,15-16H2,(H,18,19). The van der Waals surface area contributed by atoms with Gasteiger partial charge in [-0.1, -0.05) is 0 Å². The third kappa shape index (κ3) is 4.37. The topological polar surface area (TPSA) is 103 Å². The highest BCUT2D eigenvalue weighted by molar-refractivity contribution is 7.99. The Bertz CT molecular complexity index is 604. The second kappa shape index (κ2) is 7.51. The lowest BCUT2D eigenvalue weighted by Gasteiger charge is -2.07. The summed E-state index contributed by atoms with van der Waals surface area (Å²) in [7, 11) is 0. The first-order chi connectivity index (χ1) is 10.2. The molecule has 6 nitrogen and oxygen atoms in total. The van der Waals surface area contributed by atoms with E-state index in [1.807, 2.05) is 6.07 Å². The Labute approximate surface area is 126 Å². The van der Waals surface area contributed by atoms with Crippen molar-refractivity contribution >= 4 is 23.4 Å². The lowest BCUT2D eigenvalue weighted by atomic mass is 10.2. The number of hydrazine groups is 1. The molecule has 0 fully saturated rings. The fourth-order valence-electron chi connectivity index (χ4n) is 1.62. The largest absolute Gasteiger partial charge is 0.493 e. The molecule has 7 heteroatoms. The number of benzene rings is 1. The number of nitrogen functional groups attached to an aromatic ring is 2. The van der Waals surface area contributed by atoms with Crippen LogP contribution in [-0.4, -0.2) is 23.3 Å². The molecule has 1 heterocycles. The molecule has 0 unspecified atom stereocenters. The average molecular weight is 304 g/mol. The van der Waals surface area contributed by atoms with Gasteiger partial charge in [-0.15, -0.1) is 11.8 Å². The van der Waals surface area contributed by atoms with Crippen LogP contribution in [0.25, 0.3) is 0 Å². The van der Waals surface area contributed by atoms with Crippen LogP contribution < -0.4 is 21.7 Å². The quantitative estimate of drug-likeness (QED) is 0.245. The van der Waals surface area contributed by atoms with Crippen molar-refractivity contribution in [3.8, 4) is 5.75 Å². The van der Waals surface area contributed by atoms with Crippen LogP contribution in [0.3, 0.4) is 0 Å². The summed E-state index contributed by atoms with van der Waals surface area (Å²) in [5.74, 6) is 6.20. The summed E-state index contributed by atoms with van der Waals surface area (Å²) in [6, 6.07) is 8.66. The monoisotopic (exact) mass is 304 g/mol. The van der Waals surface area contributed by atoms with E-state index in [1.54, 1.807) is 48.4 Å². The van der Waals surface area contributed by atoms with Gasteiger partial charge in [0.05, 0.1) is 18.5 Å². The van der Waals surface area contributed by atoms with E-state index in [0.717, 1.165) is 10.6 Å². The second-order valence-corrected chi connectivity index (χ2v) is 5.25. The molecule has 5 N–H and O–H groups in total. The van der Waals surface area contributed by atoms with Crippen molar-refractivity contribution in [3.63, 3.8) is 0 Å². The Morgan fingerprint density at radius 3 is 2.71 bits per heavy atom. The minimum Gasteiger partial charge on any atom is -0.493 e. The molecular weight excluding hydrogens is 288 g/mol. The lowest BCUT2D eigenvalue weighted by molar-refractivity contribution is 0.0953. The summed E-state index contributed by atoms with van der Waals surface area (Å²) in [6.45, 7) is 0.537. The SMILES string of the molecule is NNC(=O)c1ccc(OCCSc2ccncc2N)cc1. The zero-order chi connectivity index (χ0) is 15.1. The number of rotatable bonds is 6. The normalized spacial score (nSPS) is 10.1. The minimum absolute atomic E-state index is 0.328. The highest BCUT2D eigenvalue weighted by Crippen LogP contribution is 2.23. The number of pyridine rings is 1. The van der Waals surface area contributed by atoms with Crippen molar-refractivity contribution < 1.29 is 9.53 Å². The molecule has 0 radical (unpaired) electrons. The highest BCUT2D eigenvalue weighted by Gasteiger charge is 2.03. The predicted molar refractivity (Wildman–Crippen MR) is 83.0 cm³/mol. The highest BCUT2D eigenvalue weighted by atomic mass is 32.2. The summed E-state index contributed by atoms with van der Waals surface area (Å²) in [5, 5.41) is 0. The van der Waals surface area contributed by atoms with Gasteiger partial charge in [0.2, 0.25) is 0 Å². The van der Waals surface area contributed by atoms with Crippen LogP contribution in [0, 0.1) is 0 Å². The van der Waals surface area contributed by atoms with Crippen LogP contribution in [0.5, 0.6) is 5.75 Å². The number of nitrogens with zero attached hydrogens (tertiary/aromatic N) is 1. The smallest absolute Gasteiger partial charge is 0.265 e. The van der Waals surface area contributed by atoms with Crippen LogP contribution in [-0.2, 0) is 0 Å². The summed E-state index contributed by atoms with van der Waals surface area (Å²) in [4.78, 5) is 16.2. The molecule has 0 aliphatic rings. The number of nitrogens with one attached hydrogen (secondary N) is 1. The summed E-state index contributed by atoms with van der Waals surface area (Å²) in [6.07, 6.45) is 3.34. The molecule has 1 aromatic heterocycles. The fraction of sp³-hybridized carbons (Fsp3) is 0.143. The van der Waals surface area contributed by atoms with E-state index in [0.29, 0.717) is 23.6 Å². The maximum atomic E-state index is 11.3. The molecule has 0 bridgehead atoms. The Hall–Kier alpha value is -2.25. The van der Waals surface area contributed by atoms with E-state index in [1.165, 1.54) is 0 Å². The number of ether oxygens (including phenoxy) is 1. The van der Waals surface area contributed by atoms with E-state index in [2.05, 4.69) is 10.4 Å². The lowest BCUT2D eigenvalue weighted by Crippen LogP contribution is -2.29. The summed E-state index contributed by atoms with van der Waals surface area (Å²) < 4.78 is 5.60. The number of carbonyl (C=O) groups excluding carboxylic acids is 1. The third-order valence-electron chi connectivity index (χ3n) is 2.67. The molecule has 0 saturated heterocycles. The average Bonchev–Trinajstić information content (AvgIpc) is 2.53. The maximum Gasteiger partial charge on any atom is 0.265 e. The number of nitrogens with two attached hydrogens (primary N) is 2. The molecule has 0 spiro atoms. The fourth-order valence-corrected chi connectivity index (χ4v) is 2.39. The Morgan fingerprint density at radius 1 is 1.29 bits per heavy atom. The van der Waals surface area contributed by atoms with Gasteiger partial charge in [-0.05, 0) is 30.3 Å². The molecule has 0 aliphatic heterocycles. The number of aromatic nitrogens is 1. The van der Waals surface area contributed by atoms with E-state index in [9.17, 15) is 4.79 Å². The van der Waals surface area contributed by atoms with Crippen LogP contribution in [0.15, 0.2) is 47.6 Å². The van der Waals surface area contributed by atoms with Gasteiger partial charge in [-0.25, -0.2) is 5.84 Å². The van der Waals surface area contributed by atoms with Gasteiger partial charge in [-0.3, -0.25) is 15.2 Å². The first-order valence-electron chi connectivity index (χ1n) is 6.27. The first-order valence-corrected chi connectivity index (χ1v) is 7.25. The number of amides is 1. The summed E-state index contributed by atoms with van der Waals surface area (Å²) >= 11 is 1.61. The van der Waals surface area contributed by atoms with E-state index < -0.39 is 0 Å². The molecule has 0 atom stereocenters. The van der Waals surface area contributed by atoms with Crippen LogP contribution in [0.4, 0.5) is 5.69 Å². The van der Waals surface area contributed by atoms with Gasteiger partial charge in [0, 0.05) is 22.4 Å². The molecule has 1 amide bonds. The zero-order valence-corrected chi connectivity index (χ0v) is 12.1. The van der Waals surface area contributed by atoms with Gasteiger partial charge in [0.15, 0.2) is 0 Å². The summed E-state index contributed by atoms with van der Waals surface area (Å²) in [5.41, 5.74) is 9.03. The van der Waals surface area contributed by atoms with Crippen molar-refractivity contribution in [2.45, 2.75) is 4.90 Å². The van der Waals surface area contributed by atoms with Gasteiger partial charge >= 0.3 is 0 Å². The molecule has 1 aromatic carbocycles. The van der Waals surface area contributed by atoms with Gasteiger partial charge in [0.1, 0.15) is 5.75 Å². The van der Waals surface area contributed by atoms with Crippen molar-refractivity contribution in [1.82, 2.24) is 10.4 Å². The third-order valence-corrected chi connectivity index (χ3v) is 3.72. The van der Waals surface area contributed by atoms with Crippen molar-refractivity contribution in [3.05, 3.63) is 48.3 Å². The van der Waals surface area contributed by atoms with E-state index in [4.69, 9.17) is 16.3 Å². The van der Waals surface area contributed by atoms with E-state index >= 15 is 0 Å². The zero-order valence-electron chi connectivity index (χ0n) is 11.3. The Kier molecular flexibility index (Phi) is 5.42. The Morgan fingerprint density at radius 2 is 2.05 bits per heavy atom. The molecular formula is C14H16N4O2S. The van der Waals surface area contributed by atoms with Crippen LogP contribution >= 0.6 is 11.8 Å². The van der Waals surface area contributed by atoms with Crippen LogP contribution in [0.2, 0.25) is 0 Å². The van der Waals surface area contributed by atoms with Crippen LogP contribution in [0.1, 0.15) is 10.4 Å². The number of anilines is 1. The minimum atomic E-state index is -0.328. The Balaban J connectivity index is 1.79. The molecule has 0 aliphatic carbocycles. The molecule has 0 saturated carbocycles. The van der Waals surface area contributed by atoms with Gasteiger partial charge in [-0.2, -0.15) is 0 Å².